The molecule has 4 rings (SSSR count). The molecule has 4 aliphatic rings. The van der Waals surface area contributed by atoms with E-state index in [4.69, 9.17) is 4.74 Å². The molecule has 2 saturated carbocycles. The molecule has 3 fully saturated rings. The van der Waals surface area contributed by atoms with Gasteiger partial charge in [0.05, 0.1) is 6.10 Å². The summed E-state index contributed by atoms with van der Waals surface area (Å²) >= 11 is 3.75. The first-order chi connectivity index (χ1) is 11.3. The van der Waals surface area contributed by atoms with Crippen molar-refractivity contribution in [3.63, 3.8) is 0 Å². The van der Waals surface area contributed by atoms with Gasteiger partial charge in [0.15, 0.2) is 0 Å². The van der Waals surface area contributed by atoms with E-state index in [0.29, 0.717) is 18.2 Å². The van der Waals surface area contributed by atoms with Gasteiger partial charge < -0.3 is 10.1 Å². The van der Waals surface area contributed by atoms with Crippen LogP contribution in [0.15, 0.2) is 11.6 Å². The molecule has 1 heterocycles. The molecular formula is C19H31BrN2O. The number of hydrogen-bond acceptors (Lipinski definition) is 3. The summed E-state index contributed by atoms with van der Waals surface area (Å²) < 4.78 is 6.30. The van der Waals surface area contributed by atoms with Gasteiger partial charge in [-0.2, -0.15) is 0 Å². The normalized spacial score (nSPS) is 44.7. The molecule has 3 nitrogen and oxygen atoms in total. The third-order valence-electron chi connectivity index (χ3n) is 6.29. The highest BCUT2D eigenvalue weighted by Gasteiger charge is 2.38. The van der Waals surface area contributed by atoms with Crippen LogP contribution in [-0.2, 0) is 4.74 Å². The van der Waals surface area contributed by atoms with E-state index in [1.54, 1.807) is 0 Å². The standard InChI is InChI=1S/C19H31BrN2O/c20-14-7-11-16(12-8-14)21-15-9-5-13(6-10-15)19-22-17-3-1-2-4-18(17)23-19/h5,14-19,21-22H,1-4,6-12H2. The molecule has 1 aliphatic heterocycles. The average Bonchev–Trinajstić information content (AvgIpc) is 3.02. The van der Waals surface area contributed by atoms with Crippen LogP contribution in [0.4, 0.5) is 0 Å². The summed E-state index contributed by atoms with van der Waals surface area (Å²) in [6, 6.07) is 2.04. The number of fused-ring (bicyclic) bond motifs is 1. The molecule has 0 aromatic heterocycles. The van der Waals surface area contributed by atoms with Gasteiger partial charge in [-0.15, -0.1) is 0 Å². The number of nitrogens with one attached hydrogen (secondary N) is 2. The Hall–Kier alpha value is 0.100. The zero-order chi connectivity index (χ0) is 15.6. The highest BCUT2D eigenvalue weighted by atomic mass is 79.9. The Balaban J connectivity index is 1.26. The average molecular weight is 383 g/mol. The van der Waals surface area contributed by atoms with Gasteiger partial charge in [-0.05, 0) is 63.4 Å². The maximum absolute atomic E-state index is 6.30. The Bertz CT molecular complexity index is 419. The monoisotopic (exact) mass is 382 g/mol. The van der Waals surface area contributed by atoms with Gasteiger partial charge in [-0.1, -0.05) is 34.8 Å². The lowest BCUT2D eigenvalue weighted by molar-refractivity contribution is 0.0406. The molecule has 4 heteroatoms. The van der Waals surface area contributed by atoms with Crippen molar-refractivity contribution in [1.29, 1.82) is 0 Å². The smallest absolute Gasteiger partial charge is 0.131 e. The molecule has 0 spiro atoms. The predicted molar refractivity (Wildman–Crippen MR) is 97.9 cm³/mol. The second-order valence-electron chi connectivity index (χ2n) is 7.98. The SMILES string of the molecule is BrC1CCC(NC2CC=C(C3NC4CCCCC4O3)CC2)CC1. The largest absolute Gasteiger partial charge is 0.355 e. The van der Waals surface area contributed by atoms with E-state index in [9.17, 15) is 0 Å². The summed E-state index contributed by atoms with van der Waals surface area (Å²) in [5.41, 5.74) is 1.52. The molecule has 0 bridgehead atoms. The minimum absolute atomic E-state index is 0.216. The number of hydrogen-bond donors (Lipinski definition) is 2. The number of rotatable bonds is 3. The Labute approximate surface area is 149 Å². The number of ether oxygens (including phenoxy) is 1. The summed E-state index contributed by atoms with van der Waals surface area (Å²) in [7, 11) is 0. The van der Waals surface area contributed by atoms with E-state index in [1.165, 1.54) is 76.2 Å². The highest BCUT2D eigenvalue weighted by Crippen LogP contribution is 2.33. The summed E-state index contributed by atoms with van der Waals surface area (Å²) in [4.78, 5) is 0.757. The molecule has 0 aromatic carbocycles. The summed E-state index contributed by atoms with van der Waals surface area (Å²) in [6.45, 7) is 0. The molecule has 0 radical (unpaired) electrons. The molecule has 4 unspecified atom stereocenters. The Morgan fingerprint density at radius 1 is 1.00 bits per heavy atom. The molecule has 1 saturated heterocycles. The van der Waals surface area contributed by atoms with Crippen LogP contribution in [0.5, 0.6) is 0 Å². The van der Waals surface area contributed by atoms with Crippen molar-refractivity contribution < 1.29 is 4.74 Å². The Morgan fingerprint density at radius 3 is 2.57 bits per heavy atom. The summed E-state index contributed by atoms with van der Waals surface area (Å²) in [5, 5.41) is 7.66. The summed E-state index contributed by atoms with van der Waals surface area (Å²) in [6.07, 6.45) is 17.4. The van der Waals surface area contributed by atoms with E-state index in [-0.39, 0.29) is 6.23 Å². The van der Waals surface area contributed by atoms with Crippen LogP contribution in [0.1, 0.15) is 70.6 Å². The molecule has 0 amide bonds. The molecular weight excluding hydrogens is 352 g/mol. The zero-order valence-corrected chi connectivity index (χ0v) is 15.7. The summed E-state index contributed by atoms with van der Waals surface area (Å²) in [5.74, 6) is 0. The topological polar surface area (TPSA) is 33.3 Å². The van der Waals surface area contributed by atoms with Crippen LogP contribution in [0.25, 0.3) is 0 Å². The molecule has 23 heavy (non-hydrogen) atoms. The van der Waals surface area contributed by atoms with Crippen LogP contribution in [0.2, 0.25) is 0 Å². The number of alkyl halides is 1. The fourth-order valence-corrected chi connectivity index (χ4v) is 5.38. The first-order valence-corrected chi connectivity index (χ1v) is 10.7. The van der Waals surface area contributed by atoms with Gasteiger partial charge in [0.2, 0.25) is 0 Å². The van der Waals surface area contributed by atoms with Crippen molar-refractivity contribution in [1.82, 2.24) is 10.6 Å². The maximum Gasteiger partial charge on any atom is 0.131 e. The van der Waals surface area contributed by atoms with Gasteiger partial charge in [0.1, 0.15) is 6.23 Å². The van der Waals surface area contributed by atoms with Crippen LogP contribution >= 0.6 is 15.9 Å². The van der Waals surface area contributed by atoms with Crippen molar-refractivity contribution in [3.05, 3.63) is 11.6 Å². The molecule has 0 aromatic rings. The van der Waals surface area contributed by atoms with Crippen molar-refractivity contribution in [2.75, 3.05) is 0 Å². The minimum Gasteiger partial charge on any atom is -0.355 e. The predicted octanol–water partition coefficient (Wildman–Crippen LogP) is 4.02. The fourth-order valence-electron chi connectivity index (χ4n) is 4.85. The minimum atomic E-state index is 0.216. The lowest BCUT2D eigenvalue weighted by atomic mass is 9.90. The van der Waals surface area contributed by atoms with Crippen molar-refractivity contribution in [3.8, 4) is 0 Å². The Kier molecular flexibility index (Phi) is 5.44. The third kappa shape index (κ3) is 4.02. The number of halogens is 1. The van der Waals surface area contributed by atoms with E-state index < -0.39 is 0 Å². The van der Waals surface area contributed by atoms with Gasteiger partial charge in [0, 0.05) is 23.0 Å². The fraction of sp³-hybridized carbons (Fsp3) is 0.895. The zero-order valence-electron chi connectivity index (χ0n) is 14.1. The van der Waals surface area contributed by atoms with E-state index in [1.807, 2.05) is 0 Å². The van der Waals surface area contributed by atoms with Crippen molar-refractivity contribution in [2.45, 2.75) is 106 Å². The van der Waals surface area contributed by atoms with E-state index in [2.05, 4.69) is 32.6 Å². The van der Waals surface area contributed by atoms with Crippen LogP contribution in [-0.4, -0.2) is 35.3 Å². The first-order valence-electron chi connectivity index (χ1n) is 9.78. The van der Waals surface area contributed by atoms with Crippen LogP contribution in [0.3, 0.4) is 0 Å². The lowest BCUT2D eigenvalue weighted by Gasteiger charge is -2.32. The van der Waals surface area contributed by atoms with E-state index >= 15 is 0 Å². The maximum atomic E-state index is 6.30. The quantitative estimate of drug-likeness (QED) is 0.571. The third-order valence-corrected chi connectivity index (χ3v) is 7.21. The molecule has 130 valence electrons. The molecule has 2 N–H and O–H groups in total. The van der Waals surface area contributed by atoms with Crippen molar-refractivity contribution in [2.24, 2.45) is 0 Å². The highest BCUT2D eigenvalue weighted by molar-refractivity contribution is 9.09. The molecule has 4 atom stereocenters. The van der Waals surface area contributed by atoms with Gasteiger partial charge in [0.25, 0.3) is 0 Å². The molecule has 3 aliphatic carbocycles. The second-order valence-corrected chi connectivity index (χ2v) is 9.27. The van der Waals surface area contributed by atoms with Gasteiger partial charge in [-0.25, -0.2) is 0 Å². The van der Waals surface area contributed by atoms with Gasteiger partial charge in [-0.3, -0.25) is 5.32 Å². The Morgan fingerprint density at radius 2 is 1.83 bits per heavy atom. The van der Waals surface area contributed by atoms with Crippen molar-refractivity contribution >= 4 is 15.9 Å². The van der Waals surface area contributed by atoms with Gasteiger partial charge >= 0.3 is 0 Å². The van der Waals surface area contributed by atoms with E-state index in [0.717, 1.165) is 10.9 Å². The van der Waals surface area contributed by atoms with Crippen LogP contribution < -0.4 is 10.6 Å². The second kappa shape index (κ2) is 7.55. The first kappa shape index (κ1) is 16.6. The lowest BCUT2D eigenvalue weighted by Crippen LogP contribution is -2.42. The van der Waals surface area contributed by atoms with Crippen LogP contribution in [0, 0.1) is 0 Å².